The van der Waals surface area contributed by atoms with Crippen molar-refractivity contribution in [2.45, 2.75) is 65.5 Å². The van der Waals surface area contributed by atoms with E-state index in [2.05, 4.69) is 0 Å². The molecule has 1 aliphatic heterocycles. The number of allylic oxidation sites excluding steroid dienone is 1. The van der Waals surface area contributed by atoms with Gasteiger partial charge in [-0.1, -0.05) is 75.4 Å². The van der Waals surface area contributed by atoms with Crippen molar-refractivity contribution in [3.05, 3.63) is 71.8 Å². The molecule has 1 saturated heterocycles. The van der Waals surface area contributed by atoms with Crippen LogP contribution in [0.1, 0.15) is 64.0 Å². The molecule has 0 N–H and O–H groups in total. The molecular formula is C29H35NO4. The van der Waals surface area contributed by atoms with E-state index in [0.717, 1.165) is 23.3 Å². The first-order chi connectivity index (χ1) is 16.3. The van der Waals surface area contributed by atoms with Crippen molar-refractivity contribution < 1.29 is 19.1 Å². The number of benzene rings is 2. The molecule has 1 unspecified atom stereocenters. The highest BCUT2D eigenvalue weighted by atomic mass is 16.5. The maximum atomic E-state index is 12.8. The molecule has 1 aliphatic rings. The Hall–Kier alpha value is -3.21. The van der Waals surface area contributed by atoms with E-state index in [4.69, 9.17) is 4.74 Å². The molecule has 1 atom stereocenters. The van der Waals surface area contributed by atoms with Gasteiger partial charge in [0.1, 0.15) is 12.4 Å². The number of rotatable bonds is 11. The number of likely N-dealkylation sites (tertiary alicyclic amines) is 1. The Labute approximate surface area is 202 Å². The fraction of sp³-hybridized carbons (Fsp3) is 0.414. The zero-order valence-electron chi connectivity index (χ0n) is 20.5. The van der Waals surface area contributed by atoms with E-state index in [-0.39, 0.29) is 5.78 Å². The van der Waals surface area contributed by atoms with Crippen LogP contribution in [-0.4, -0.2) is 35.0 Å². The van der Waals surface area contributed by atoms with Gasteiger partial charge in [0, 0.05) is 18.4 Å². The first-order valence-electron chi connectivity index (χ1n) is 12.1. The minimum absolute atomic E-state index is 0.0299. The van der Waals surface area contributed by atoms with Crippen LogP contribution in [0.5, 0.6) is 5.75 Å². The van der Waals surface area contributed by atoms with Gasteiger partial charge in [0.15, 0.2) is 5.78 Å². The van der Waals surface area contributed by atoms with E-state index >= 15 is 0 Å². The number of carbonyl (C=O) groups is 3. The van der Waals surface area contributed by atoms with Gasteiger partial charge in [-0.15, -0.1) is 0 Å². The first-order valence-corrected chi connectivity index (χ1v) is 12.1. The summed E-state index contributed by atoms with van der Waals surface area (Å²) in [5.74, 6) is -0.0659. The van der Waals surface area contributed by atoms with Crippen LogP contribution in [0, 0.1) is 5.41 Å². The lowest BCUT2D eigenvalue weighted by atomic mass is 9.84. The number of Topliss-reactive ketones (excluding diaryl/α,β-unsaturated/α-hetero) is 2. The van der Waals surface area contributed by atoms with Crippen LogP contribution in [0.3, 0.4) is 0 Å². The predicted molar refractivity (Wildman–Crippen MR) is 134 cm³/mol. The number of ketones is 2. The van der Waals surface area contributed by atoms with Crippen LogP contribution in [0.25, 0.3) is 6.08 Å². The first kappa shape index (κ1) is 25.4. The Morgan fingerprint density at radius 1 is 1.06 bits per heavy atom. The molecule has 1 heterocycles. The van der Waals surface area contributed by atoms with Crippen LogP contribution >= 0.6 is 0 Å². The lowest BCUT2D eigenvalue weighted by Crippen LogP contribution is -2.47. The monoisotopic (exact) mass is 461 g/mol. The summed E-state index contributed by atoms with van der Waals surface area (Å²) in [5, 5.41) is 0. The predicted octanol–water partition coefficient (Wildman–Crippen LogP) is 5.62. The SMILES string of the molecule is CCC(C)(C)C(=O)C(=O)N1CCCC1C(=O)CCC=Cc1ccc(OCc2ccccc2)cc1. The summed E-state index contributed by atoms with van der Waals surface area (Å²) in [6.07, 6.45) is 6.90. The van der Waals surface area contributed by atoms with E-state index < -0.39 is 23.1 Å². The minimum Gasteiger partial charge on any atom is -0.489 e. The zero-order valence-corrected chi connectivity index (χ0v) is 20.5. The van der Waals surface area contributed by atoms with Gasteiger partial charge in [-0.2, -0.15) is 0 Å². The molecule has 5 heteroatoms. The number of amides is 1. The molecule has 0 radical (unpaired) electrons. The number of carbonyl (C=O) groups excluding carboxylic acids is 3. The van der Waals surface area contributed by atoms with Crippen molar-refractivity contribution in [2.75, 3.05) is 6.54 Å². The summed E-state index contributed by atoms with van der Waals surface area (Å²) in [4.78, 5) is 39.6. The molecule has 34 heavy (non-hydrogen) atoms. The second kappa shape index (κ2) is 11.8. The van der Waals surface area contributed by atoms with Crippen molar-refractivity contribution in [1.82, 2.24) is 4.90 Å². The normalized spacial score (nSPS) is 16.1. The third kappa shape index (κ3) is 6.66. The van der Waals surface area contributed by atoms with Crippen molar-refractivity contribution in [3.63, 3.8) is 0 Å². The summed E-state index contributed by atoms with van der Waals surface area (Å²) in [6, 6.07) is 17.4. The average Bonchev–Trinajstić information content (AvgIpc) is 3.36. The smallest absolute Gasteiger partial charge is 0.291 e. The second-order valence-electron chi connectivity index (χ2n) is 9.47. The van der Waals surface area contributed by atoms with Gasteiger partial charge in [0.05, 0.1) is 6.04 Å². The highest BCUT2D eigenvalue weighted by Gasteiger charge is 2.40. The highest BCUT2D eigenvalue weighted by Crippen LogP contribution is 2.26. The van der Waals surface area contributed by atoms with Crippen LogP contribution < -0.4 is 4.74 Å². The van der Waals surface area contributed by atoms with E-state index in [9.17, 15) is 14.4 Å². The molecule has 1 fully saturated rings. The van der Waals surface area contributed by atoms with Crippen LogP contribution in [-0.2, 0) is 21.0 Å². The largest absolute Gasteiger partial charge is 0.489 e. The van der Waals surface area contributed by atoms with Gasteiger partial charge in [-0.3, -0.25) is 14.4 Å². The molecular weight excluding hydrogens is 426 g/mol. The van der Waals surface area contributed by atoms with E-state index in [0.29, 0.717) is 38.8 Å². The molecule has 0 saturated carbocycles. The lowest BCUT2D eigenvalue weighted by molar-refractivity contribution is -0.151. The third-order valence-corrected chi connectivity index (χ3v) is 6.57. The van der Waals surface area contributed by atoms with Gasteiger partial charge in [0.25, 0.3) is 5.91 Å². The number of ether oxygens (including phenoxy) is 1. The Morgan fingerprint density at radius 2 is 1.76 bits per heavy atom. The fourth-order valence-corrected chi connectivity index (χ4v) is 3.95. The summed E-state index contributed by atoms with van der Waals surface area (Å²) in [7, 11) is 0. The standard InChI is InChI=1S/C29H35NO4/c1-4-29(2,3)27(32)28(33)30-20-10-14-25(30)26(31)15-9-8-11-22-16-18-24(19-17-22)34-21-23-12-6-5-7-13-23/h5-8,11-13,16-19,25H,4,9-10,14-15,20-21H2,1-3H3. The molecule has 2 aromatic carbocycles. The molecule has 3 rings (SSSR count). The molecule has 180 valence electrons. The number of nitrogens with zero attached hydrogens (tertiary/aromatic N) is 1. The highest BCUT2D eigenvalue weighted by molar-refractivity contribution is 6.38. The number of hydrogen-bond donors (Lipinski definition) is 0. The summed E-state index contributed by atoms with van der Waals surface area (Å²) in [6.45, 7) is 6.48. The lowest BCUT2D eigenvalue weighted by Gasteiger charge is -2.27. The molecule has 1 amide bonds. The second-order valence-corrected chi connectivity index (χ2v) is 9.47. The van der Waals surface area contributed by atoms with Gasteiger partial charge < -0.3 is 9.64 Å². The van der Waals surface area contributed by atoms with Gasteiger partial charge in [-0.05, 0) is 48.9 Å². The van der Waals surface area contributed by atoms with Crippen LogP contribution in [0.15, 0.2) is 60.7 Å². The molecule has 0 spiro atoms. The fourth-order valence-electron chi connectivity index (χ4n) is 3.95. The van der Waals surface area contributed by atoms with Crippen LogP contribution in [0.4, 0.5) is 0 Å². The molecule has 0 aromatic heterocycles. The van der Waals surface area contributed by atoms with Gasteiger partial charge in [-0.25, -0.2) is 0 Å². The topological polar surface area (TPSA) is 63.7 Å². The van der Waals surface area contributed by atoms with Crippen molar-refractivity contribution in [3.8, 4) is 5.75 Å². The third-order valence-electron chi connectivity index (χ3n) is 6.57. The number of hydrogen-bond acceptors (Lipinski definition) is 4. The Morgan fingerprint density at radius 3 is 2.44 bits per heavy atom. The zero-order chi connectivity index (χ0) is 24.6. The van der Waals surface area contributed by atoms with Gasteiger partial charge in [0.2, 0.25) is 5.78 Å². The van der Waals surface area contributed by atoms with E-state index in [1.54, 1.807) is 13.8 Å². The molecule has 5 nitrogen and oxygen atoms in total. The maximum Gasteiger partial charge on any atom is 0.291 e. The molecule has 2 aromatic rings. The van der Waals surface area contributed by atoms with Gasteiger partial charge >= 0.3 is 0 Å². The van der Waals surface area contributed by atoms with Crippen LogP contribution in [0.2, 0.25) is 0 Å². The Kier molecular flexibility index (Phi) is 8.80. The molecule has 0 bridgehead atoms. The van der Waals surface area contributed by atoms with Crippen molar-refractivity contribution in [2.24, 2.45) is 5.41 Å². The Balaban J connectivity index is 1.47. The quantitative estimate of drug-likeness (QED) is 0.407. The summed E-state index contributed by atoms with van der Waals surface area (Å²) < 4.78 is 5.81. The summed E-state index contributed by atoms with van der Waals surface area (Å²) in [5.41, 5.74) is 1.46. The van der Waals surface area contributed by atoms with Crippen molar-refractivity contribution >= 4 is 23.5 Å². The Bertz CT molecular complexity index is 1010. The maximum absolute atomic E-state index is 12.8. The van der Waals surface area contributed by atoms with E-state index in [1.165, 1.54) is 4.90 Å². The average molecular weight is 462 g/mol. The van der Waals surface area contributed by atoms with Crippen molar-refractivity contribution in [1.29, 1.82) is 0 Å². The summed E-state index contributed by atoms with van der Waals surface area (Å²) >= 11 is 0. The minimum atomic E-state index is -0.696. The van der Waals surface area contributed by atoms with E-state index in [1.807, 2.05) is 73.7 Å². The molecule has 0 aliphatic carbocycles.